The minimum Gasteiger partial charge on any atom is -0.385 e. The molecule has 1 aromatic rings. The largest absolute Gasteiger partial charge is 0.385 e. The number of nitrogens with zero attached hydrogens (tertiary/aromatic N) is 1. The molecule has 0 aliphatic heterocycles. The third kappa shape index (κ3) is 5.00. The standard InChI is InChI=1S/C14H23NOSi/c1-2-6-13(7-3-1)9-11-16-12-17-14-8-4-5-10-15-14/h4-5,8,10,13H,1-3,6-7,9,11-12,17H2. The van der Waals surface area contributed by atoms with Crippen LogP contribution in [0.25, 0.3) is 0 Å². The van der Waals surface area contributed by atoms with E-state index >= 15 is 0 Å². The van der Waals surface area contributed by atoms with Crippen LogP contribution in [0.4, 0.5) is 0 Å². The van der Waals surface area contributed by atoms with Gasteiger partial charge in [0.2, 0.25) is 0 Å². The van der Waals surface area contributed by atoms with E-state index in [2.05, 4.69) is 17.1 Å². The zero-order valence-corrected chi connectivity index (χ0v) is 12.0. The summed E-state index contributed by atoms with van der Waals surface area (Å²) in [6, 6.07) is 6.16. The molecule has 0 amide bonds. The normalized spacial score (nSPS) is 17.9. The lowest BCUT2D eigenvalue weighted by Gasteiger charge is -2.21. The van der Waals surface area contributed by atoms with Gasteiger partial charge < -0.3 is 4.74 Å². The second-order valence-corrected chi connectivity index (χ2v) is 6.61. The van der Waals surface area contributed by atoms with Crippen LogP contribution in [-0.4, -0.2) is 27.3 Å². The Morgan fingerprint density at radius 1 is 1.24 bits per heavy atom. The first-order chi connectivity index (χ1) is 8.45. The van der Waals surface area contributed by atoms with Gasteiger partial charge in [0.05, 0.1) is 0 Å². The number of hydrogen-bond donors (Lipinski definition) is 0. The molecule has 0 N–H and O–H groups in total. The molecule has 0 saturated heterocycles. The van der Waals surface area contributed by atoms with E-state index in [1.807, 2.05) is 12.3 Å². The molecule has 0 atom stereocenters. The molecule has 2 rings (SSSR count). The minimum atomic E-state index is -0.293. The first kappa shape index (κ1) is 12.8. The van der Waals surface area contributed by atoms with E-state index in [0.29, 0.717) is 0 Å². The average molecular weight is 249 g/mol. The minimum absolute atomic E-state index is 0.293. The fraction of sp³-hybridized carbons (Fsp3) is 0.643. The Morgan fingerprint density at radius 3 is 2.88 bits per heavy atom. The molecule has 1 heterocycles. The van der Waals surface area contributed by atoms with Gasteiger partial charge in [-0.3, -0.25) is 4.98 Å². The van der Waals surface area contributed by atoms with Crippen LogP contribution in [-0.2, 0) is 4.74 Å². The maximum Gasteiger partial charge on any atom is 0.108 e. The first-order valence-corrected chi connectivity index (χ1v) is 8.63. The van der Waals surface area contributed by atoms with Gasteiger partial charge in [-0.05, 0) is 24.5 Å². The van der Waals surface area contributed by atoms with Crippen molar-refractivity contribution in [2.75, 3.05) is 12.8 Å². The third-order valence-corrected chi connectivity index (χ3v) is 5.05. The maximum atomic E-state index is 5.76. The van der Waals surface area contributed by atoms with Crippen molar-refractivity contribution in [1.82, 2.24) is 4.98 Å². The highest BCUT2D eigenvalue weighted by Crippen LogP contribution is 2.25. The quantitative estimate of drug-likeness (QED) is 0.567. The van der Waals surface area contributed by atoms with Gasteiger partial charge in [0.25, 0.3) is 0 Å². The molecule has 1 aliphatic carbocycles. The number of ether oxygens (including phenoxy) is 1. The van der Waals surface area contributed by atoms with Gasteiger partial charge in [-0.2, -0.15) is 0 Å². The number of rotatable bonds is 6. The summed E-state index contributed by atoms with van der Waals surface area (Å²) in [6.07, 6.45) is 11.3. The highest BCUT2D eigenvalue weighted by Gasteiger charge is 2.12. The Kier molecular flexibility index (Phi) is 5.72. The van der Waals surface area contributed by atoms with Gasteiger partial charge in [-0.25, -0.2) is 0 Å². The van der Waals surface area contributed by atoms with Gasteiger partial charge in [0.1, 0.15) is 9.52 Å². The second kappa shape index (κ2) is 7.61. The van der Waals surface area contributed by atoms with E-state index in [1.165, 1.54) is 43.8 Å². The van der Waals surface area contributed by atoms with Gasteiger partial charge in [0.15, 0.2) is 0 Å². The predicted octanol–water partition coefficient (Wildman–Crippen LogP) is 1.82. The molecule has 0 unspecified atom stereocenters. The van der Waals surface area contributed by atoms with Crippen molar-refractivity contribution in [3.8, 4) is 0 Å². The second-order valence-electron chi connectivity index (χ2n) is 4.98. The Balaban J connectivity index is 1.51. The van der Waals surface area contributed by atoms with Crippen LogP contribution in [0, 0.1) is 5.92 Å². The van der Waals surface area contributed by atoms with Crippen molar-refractivity contribution >= 4 is 14.8 Å². The summed E-state index contributed by atoms with van der Waals surface area (Å²) in [7, 11) is -0.293. The van der Waals surface area contributed by atoms with E-state index in [1.54, 1.807) is 0 Å². The summed E-state index contributed by atoms with van der Waals surface area (Å²) in [4.78, 5) is 4.35. The lowest BCUT2D eigenvalue weighted by atomic mass is 9.87. The Hall–Kier alpha value is -0.673. The van der Waals surface area contributed by atoms with Crippen molar-refractivity contribution in [2.24, 2.45) is 5.92 Å². The number of hydrogen-bond acceptors (Lipinski definition) is 2. The van der Waals surface area contributed by atoms with Crippen LogP contribution in [0.5, 0.6) is 0 Å². The molecule has 0 spiro atoms. The van der Waals surface area contributed by atoms with E-state index in [0.717, 1.165) is 18.8 Å². The molecule has 1 fully saturated rings. The van der Waals surface area contributed by atoms with Gasteiger partial charge in [-0.1, -0.05) is 38.2 Å². The van der Waals surface area contributed by atoms with Crippen LogP contribution < -0.4 is 5.32 Å². The van der Waals surface area contributed by atoms with Crippen molar-refractivity contribution in [3.63, 3.8) is 0 Å². The lowest BCUT2D eigenvalue weighted by Crippen LogP contribution is -2.23. The molecule has 1 aromatic heterocycles. The summed E-state index contributed by atoms with van der Waals surface area (Å²) in [5, 5.41) is 1.27. The fourth-order valence-electron chi connectivity index (χ4n) is 2.55. The van der Waals surface area contributed by atoms with Crippen molar-refractivity contribution < 1.29 is 4.74 Å². The molecule has 0 radical (unpaired) electrons. The van der Waals surface area contributed by atoms with Crippen molar-refractivity contribution in [3.05, 3.63) is 24.4 Å². The molecule has 0 bridgehead atoms. The molecule has 3 heteroatoms. The van der Waals surface area contributed by atoms with Gasteiger partial charge >= 0.3 is 0 Å². The van der Waals surface area contributed by atoms with E-state index < -0.39 is 0 Å². The van der Waals surface area contributed by atoms with Crippen LogP contribution in [0.1, 0.15) is 38.5 Å². The monoisotopic (exact) mass is 249 g/mol. The molecule has 94 valence electrons. The summed E-state index contributed by atoms with van der Waals surface area (Å²) >= 11 is 0. The lowest BCUT2D eigenvalue weighted by molar-refractivity contribution is 0.149. The number of aromatic nitrogens is 1. The van der Waals surface area contributed by atoms with Crippen molar-refractivity contribution in [2.45, 2.75) is 38.5 Å². The predicted molar refractivity (Wildman–Crippen MR) is 74.4 cm³/mol. The highest BCUT2D eigenvalue weighted by molar-refractivity contribution is 6.52. The van der Waals surface area contributed by atoms with E-state index in [9.17, 15) is 0 Å². The van der Waals surface area contributed by atoms with E-state index in [4.69, 9.17) is 4.74 Å². The molecule has 1 saturated carbocycles. The Morgan fingerprint density at radius 2 is 2.12 bits per heavy atom. The van der Waals surface area contributed by atoms with Crippen LogP contribution in [0.2, 0.25) is 0 Å². The van der Waals surface area contributed by atoms with Crippen LogP contribution >= 0.6 is 0 Å². The van der Waals surface area contributed by atoms with Gasteiger partial charge in [0, 0.05) is 24.4 Å². The Bertz CT molecular complexity index is 298. The zero-order chi connectivity index (χ0) is 11.8. The molecule has 2 nitrogen and oxygen atoms in total. The van der Waals surface area contributed by atoms with E-state index in [-0.39, 0.29) is 9.52 Å². The summed E-state index contributed by atoms with van der Waals surface area (Å²) in [5.74, 6) is 0.945. The summed E-state index contributed by atoms with van der Waals surface area (Å²) in [6.45, 7) is 0.963. The fourth-order valence-corrected chi connectivity index (χ4v) is 3.65. The number of pyridine rings is 1. The third-order valence-electron chi connectivity index (χ3n) is 3.62. The molecule has 1 aliphatic rings. The summed E-state index contributed by atoms with van der Waals surface area (Å²) in [5.41, 5.74) is 0. The zero-order valence-electron chi connectivity index (χ0n) is 10.6. The summed E-state index contributed by atoms with van der Waals surface area (Å²) < 4.78 is 5.76. The highest BCUT2D eigenvalue weighted by atomic mass is 28.2. The molecule has 0 aromatic carbocycles. The average Bonchev–Trinajstić information content (AvgIpc) is 2.41. The van der Waals surface area contributed by atoms with Gasteiger partial charge in [-0.15, -0.1) is 0 Å². The molecule has 17 heavy (non-hydrogen) atoms. The smallest absolute Gasteiger partial charge is 0.108 e. The molecular weight excluding hydrogens is 226 g/mol. The molecular formula is C14H23NOSi. The van der Waals surface area contributed by atoms with Crippen LogP contribution in [0.3, 0.4) is 0 Å². The maximum absolute atomic E-state index is 5.76. The topological polar surface area (TPSA) is 22.1 Å². The van der Waals surface area contributed by atoms with Crippen LogP contribution in [0.15, 0.2) is 24.4 Å². The SMILES string of the molecule is c1ccc([SiH2]COCCC2CCCCC2)nc1. The van der Waals surface area contributed by atoms with Crippen molar-refractivity contribution in [1.29, 1.82) is 0 Å². The first-order valence-electron chi connectivity index (χ1n) is 6.93. The Labute approximate surface area is 107 Å².